The maximum Gasteiger partial charge on any atom is 0.184 e. The number of sulfone groups is 1. The van der Waals surface area contributed by atoms with Gasteiger partial charge in [0.1, 0.15) is 11.0 Å². The summed E-state index contributed by atoms with van der Waals surface area (Å²) >= 11 is 5.81. The summed E-state index contributed by atoms with van der Waals surface area (Å²) in [4.78, 5) is 0.0489. The molecule has 0 bridgehead atoms. The van der Waals surface area contributed by atoms with E-state index in [4.69, 9.17) is 16.3 Å². The van der Waals surface area contributed by atoms with Crippen LogP contribution < -0.4 is 4.74 Å². The molecule has 0 unspecified atom stereocenters. The topological polar surface area (TPSA) is 90.9 Å². The van der Waals surface area contributed by atoms with Gasteiger partial charge in [0.15, 0.2) is 15.3 Å². The van der Waals surface area contributed by atoms with Gasteiger partial charge in [-0.25, -0.2) is 8.42 Å². The van der Waals surface area contributed by atoms with Crippen LogP contribution in [0.25, 0.3) is 0 Å². The third-order valence-corrected chi connectivity index (χ3v) is 6.95. The second-order valence-corrected chi connectivity index (χ2v) is 8.27. The lowest BCUT2D eigenvalue weighted by atomic mass is 10.0. The molecule has 0 radical (unpaired) electrons. The number of benzene rings is 2. The SMILES string of the molecule is COc1ccc([C@H]2[C@H](S(=O)(=O)c3ccc(Cl)cc3)C2(C#N)C#N)cc1. The predicted molar refractivity (Wildman–Crippen MR) is 91.8 cm³/mol. The van der Waals surface area contributed by atoms with Crippen LogP contribution in [0.15, 0.2) is 53.4 Å². The number of nitriles is 2. The largest absolute Gasteiger partial charge is 0.497 e. The number of halogens is 1. The molecule has 0 heterocycles. The molecule has 7 heteroatoms. The Hall–Kier alpha value is -2.54. The number of nitrogens with zero attached hydrogens (tertiary/aromatic N) is 2. The molecule has 2 atom stereocenters. The van der Waals surface area contributed by atoms with Crippen molar-refractivity contribution in [3.05, 3.63) is 59.1 Å². The van der Waals surface area contributed by atoms with E-state index in [9.17, 15) is 18.9 Å². The zero-order valence-corrected chi connectivity index (χ0v) is 14.8. The summed E-state index contributed by atoms with van der Waals surface area (Å²) in [5, 5.41) is 18.4. The molecular formula is C18H13ClN2O3S. The summed E-state index contributed by atoms with van der Waals surface area (Å²) in [7, 11) is -2.34. The van der Waals surface area contributed by atoms with E-state index in [1.807, 2.05) is 12.1 Å². The smallest absolute Gasteiger partial charge is 0.184 e. The van der Waals surface area contributed by atoms with E-state index >= 15 is 0 Å². The lowest BCUT2D eigenvalue weighted by Crippen LogP contribution is -2.14. The average molecular weight is 373 g/mol. The first kappa shape index (κ1) is 17.3. The standard InChI is InChI=1S/C18H13ClN2O3S/c1-24-14-6-2-12(3-7-14)16-17(18(16,10-20)11-21)25(22,23)15-8-4-13(19)5-9-15/h2-9,16-17H,1H3/t16-,17-/m0/s1. The van der Waals surface area contributed by atoms with Gasteiger partial charge in [0, 0.05) is 10.9 Å². The van der Waals surface area contributed by atoms with E-state index in [1.54, 1.807) is 24.3 Å². The van der Waals surface area contributed by atoms with Crippen LogP contribution in [0.3, 0.4) is 0 Å². The summed E-state index contributed by atoms with van der Waals surface area (Å²) in [5.74, 6) is -0.102. The van der Waals surface area contributed by atoms with E-state index in [0.29, 0.717) is 16.3 Å². The van der Waals surface area contributed by atoms with Gasteiger partial charge in [-0.3, -0.25) is 0 Å². The van der Waals surface area contributed by atoms with Crippen LogP contribution in [-0.2, 0) is 9.84 Å². The van der Waals surface area contributed by atoms with Gasteiger partial charge in [0.25, 0.3) is 0 Å². The number of methoxy groups -OCH3 is 1. The van der Waals surface area contributed by atoms with Crippen molar-refractivity contribution in [3.63, 3.8) is 0 Å². The summed E-state index contributed by atoms with van der Waals surface area (Å²) in [6, 6.07) is 16.3. The zero-order valence-electron chi connectivity index (χ0n) is 13.2. The number of ether oxygens (including phenoxy) is 1. The molecule has 1 aliphatic rings. The van der Waals surface area contributed by atoms with Crippen LogP contribution in [0.4, 0.5) is 0 Å². The molecule has 0 saturated heterocycles. The first-order valence-electron chi connectivity index (χ1n) is 7.36. The lowest BCUT2D eigenvalue weighted by molar-refractivity contribution is 0.414. The Labute approximate surface area is 150 Å². The molecule has 1 fully saturated rings. The summed E-state index contributed by atoms with van der Waals surface area (Å²) < 4.78 is 31.0. The van der Waals surface area contributed by atoms with E-state index < -0.39 is 26.4 Å². The highest BCUT2D eigenvalue weighted by Gasteiger charge is 2.73. The third kappa shape index (κ3) is 2.64. The molecule has 25 heavy (non-hydrogen) atoms. The van der Waals surface area contributed by atoms with Crippen LogP contribution in [0, 0.1) is 28.1 Å². The van der Waals surface area contributed by atoms with E-state index in [2.05, 4.69) is 0 Å². The minimum atomic E-state index is -3.86. The molecule has 0 spiro atoms. The molecule has 2 aromatic rings. The van der Waals surface area contributed by atoms with Crippen molar-refractivity contribution in [2.45, 2.75) is 16.1 Å². The Bertz CT molecular complexity index is 973. The lowest BCUT2D eigenvalue weighted by Gasteiger charge is -2.05. The fourth-order valence-corrected chi connectivity index (χ4v) is 5.42. The van der Waals surface area contributed by atoms with Crippen molar-refractivity contribution in [1.82, 2.24) is 0 Å². The monoisotopic (exact) mass is 372 g/mol. The van der Waals surface area contributed by atoms with Gasteiger partial charge < -0.3 is 4.74 Å². The Morgan fingerprint density at radius 2 is 1.60 bits per heavy atom. The first-order valence-corrected chi connectivity index (χ1v) is 9.29. The Morgan fingerprint density at radius 3 is 2.08 bits per heavy atom. The van der Waals surface area contributed by atoms with Crippen LogP contribution in [0.5, 0.6) is 5.75 Å². The van der Waals surface area contributed by atoms with Gasteiger partial charge in [-0.1, -0.05) is 23.7 Å². The van der Waals surface area contributed by atoms with E-state index in [1.165, 1.54) is 31.4 Å². The summed E-state index contributed by atoms with van der Waals surface area (Å²) in [6.07, 6.45) is 0. The Kier molecular flexibility index (Phi) is 4.20. The summed E-state index contributed by atoms with van der Waals surface area (Å²) in [5.41, 5.74) is -0.987. The first-order chi connectivity index (χ1) is 11.9. The number of hydrogen-bond acceptors (Lipinski definition) is 5. The Balaban J connectivity index is 2.06. The van der Waals surface area contributed by atoms with Crippen molar-refractivity contribution >= 4 is 21.4 Å². The van der Waals surface area contributed by atoms with Gasteiger partial charge >= 0.3 is 0 Å². The maximum atomic E-state index is 13.0. The minimum absolute atomic E-state index is 0.0489. The van der Waals surface area contributed by atoms with Crippen molar-refractivity contribution in [1.29, 1.82) is 10.5 Å². The van der Waals surface area contributed by atoms with Crippen LogP contribution in [0.1, 0.15) is 11.5 Å². The number of hydrogen-bond donors (Lipinski definition) is 0. The fourth-order valence-electron chi connectivity index (χ4n) is 3.09. The second-order valence-electron chi connectivity index (χ2n) is 5.76. The molecule has 0 aromatic heterocycles. The molecule has 1 aliphatic carbocycles. The van der Waals surface area contributed by atoms with Gasteiger partial charge in [0.2, 0.25) is 0 Å². The fraction of sp³-hybridized carbons (Fsp3) is 0.222. The van der Waals surface area contributed by atoms with Gasteiger partial charge in [0.05, 0.1) is 24.1 Å². The molecule has 0 N–H and O–H groups in total. The maximum absolute atomic E-state index is 13.0. The Morgan fingerprint density at radius 1 is 1.04 bits per heavy atom. The molecule has 1 saturated carbocycles. The minimum Gasteiger partial charge on any atom is -0.497 e. The average Bonchev–Trinajstić information content (AvgIpc) is 3.33. The molecule has 0 amide bonds. The predicted octanol–water partition coefficient (Wildman–Crippen LogP) is 3.32. The van der Waals surface area contributed by atoms with Crippen LogP contribution in [0.2, 0.25) is 5.02 Å². The van der Waals surface area contributed by atoms with Crippen LogP contribution >= 0.6 is 11.6 Å². The number of rotatable bonds is 4. The van der Waals surface area contributed by atoms with Crippen molar-refractivity contribution in [2.75, 3.05) is 7.11 Å². The van der Waals surface area contributed by atoms with Crippen molar-refractivity contribution in [2.24, 2.45) is 5.41 Å². The highest BCUT2D eigenvalue weighted by molar-refractivity contribution is 7.92. The van der Waals surface area contributed by atoms with Gasteiger partial charge in [-0.15, -0.1) is 0 Å². The molecule has 0 aliphatic heterocycles. The highest BCUT2D eigenvalue weighted by atomic mass is 35.5. The van der Waals surface area contributed by atoms with Gasteiger partial charge in [-0.2, -0.15) is 10.5 Å². The zero-order chi connectivity index (χ0) is 18.2. The third-order valence-electron chi connectivity index (χ3n) is 4.45. The molecule has 2 aromatic carbocycles. The van der Waals surface area contributed by atoms with E-state index in [-0.39, 0.29) is 4.90 Å². The molecule has 5 nitrogen and oxygen atoms in total. The highest BCUT2D eigenvalue weighted by Crippen LogP contribution is 2.63. The van der Waals surface area contributed by atoms with Crippen molar-refractivity contribution < 1.29 is 13.2 Å². The van der Waals surface area contributed by atoms with E-state index in [0.717, 1.165) is 0 Å². The quantitative estimate of drug-likeness (QED) is 0.820. The molecule has 3 rings (SSSR count). The van der Waals surface area contributed by atoms with Crippen molar-refractivity contribution in [3.8, 4) is 17.9 Å². The summed E-state index contributed by atoms with van der Waals surface area (Å²) in [6.45, 7) is 0. The molecular weight excluding hydrogens is 360 g/mol. The van der Waals surface area contributed by atoms with Gasteiger partial charge in [-0.05, 0) is 42.0 Å². The second kappa shape index (κ2) is 6.07. The van der Waals surface area contributed by atoms with Crippen LogP contribution in [-0.4, -0.2) is 20.8 Å². The normalized spacial score (nSPS) is 21.0. The molecule has 126 valence electrons.